The number of hydrogen-bond acceptors (Lipinski definition) is 4. The van der Waals surface area contributed by atoms with E-state index in [4.69, 9.17) is 0 Å². The van der Waals surface area contributed by atoms with E-state index in [1.807, 2.05) is 6.92 Å². The van der Waals surface area contributed by atoms with Crippen molar-refractivity contribution in [2.45, 2.75) is 37.5 Å². The minimum absolute atomic E-state index is 0.0329. The van der Waals surface area contributed by atoms with Gasteiger partial charge < -0.3 is 10.6 Å². The maximum Gasteiger partial charge on any atom is 0.251 e. The van der Waals surface area contributed by atoms with Crippen molar-refractivity contribution in [3.63, 3.8) is 0 Å². The van der Waals surface area contributed by atoms with Gasteiger partial charge in [0.15, 0.2) is 0 Å². The number of sulfonamides is 1. The normalized spacial score (nSPS) is 14.4. The molecular weight excluding hydrogens is 402 g/mol. The molecule has 160 valence electrons. The maximum atomic E-state index is 12.2. The molecule has 3 N–H and O–H groups in total. The van der Waals surface area contributed by atoms with Gasteiger partial charge in [0.05, 0.1) is 4.90 Å². The second-order valence-corrected chi connectivity index (χ2v) is 9.28. The lowest BCUT2D eigenvalue weighted by Crippen LogP contribution is -2.34. The molecule has 2 aromatic carbocycles. The van der Waals surface area contributed by atoms with E-state index in [1.165, 1.54) is 0 Å². The van der Waals surface area contributed by atoms with Crippen molar-refractivity contribution in [3.8, 4) is 0 Å². The zero-order valence-corrected chi connectivity index (χ0v) is 17.8. The lowest BCUT2D eigenvalue weighted by molar-refractivity contribution is -0.119. The Labute approximate surface area is 177 Å². The van der Waals surface area contributed by atoms with E-state index >= 15 is 0 Å². The van der Waals surface area contributed by atoms with E-state index < -0.39 is 10.0 Å². The molecule has 7 nitrogen and oxygen atoms in total. The Morgan fingerprint density at radius 3 is 2.20 bits per heavy atom. The molecule has 2 aromatic rings. The van der Waals surface area contributed by atoms with Crippen LogP contribution in [0.4, 0.5) is 5.69 Å². The molecular formula is C22H27N3O4S. The van der Waals surface area contributed by atoms with E-state index in [1.54, 1.807) is 48.5 Å². The summed E-state index contributed by atoms with van der Waals surface area (Å²) in [6, 6.07) is 13.2. The average molecular weight is 430 g/mol. The van der Waals surface area contributed by atoms with Crippen LogP contribution in [0.15, 0.2) is 53.4 Å². The summed E-state index contributed by atoms with van der Waals surface area (Å²) in [6.45, 7) is 2.12. The third-order valence-corrected chi connectivity index (χ3v) is 6.65. The SMILES string of the molecule is Cc1ccc(S(=O)(=O)NCCNC(=O)c2ccc(NC(=O)C3CCCC3)cc2)cc1. The summed E-state index contributed by atoms with van der Waals surface area (Å²) in [5.41, 5.74) is 2.08. The monoisotopic (exact) mass is 429 g/mol. The Bertz CT molecular complexity index is 980. The summed E-state index contributed by atoms with van der Waals surface area (Å²) in [5, 5.41) is 5.57. The fourth-order valence-electron chi connectivity index (χ4n) is 3.40. The number of carbonyl (C=O) groups is 2. The Morgan fingerprint density at radius 2 is 1.57 bits per heavy atom. The van der Waals surface area contributed by atoms with E-state index in [0.717, 1.165) is 31.2 Å². The fraction of sp³-hybridized carbons (Fsp3) is 0.364. The number of rotatable bonds is 8. The highest BCUT2D eigenvalue weighted by Crippen LogP contribution is 2.26. The van der Waals surface area contributed by atoms with Gasteiger partial charge in [-0.15, -0.1) is 0 Å². The minimum Gasteiger partial charge on any atom is -0.351 e. The molecule has 1 saturated carbocycles. The van der Waals surface area contributed by atoms with Crippen LogP contribution >= 0.6 is 0 Å². The fourth-order valence-corrected chi connectivity index (χ4v) is 4.43. The molecule has 30 heavy (non-hydrogen) atoms. The van der Waals surface area contributed by atoms with E-state index in [0.29, 0.717) is 11.3 Å². The number of nitrogens with one attached hydrogen (secondary N) is 3. The predicted molar refractivity (Wildman–Crippen MR) is 116 cm³/mol. The van der Waals surface area contributed by atoms with Crippen molar-refractivity contribution in [1.29, 1.82) is 0 Å². The summed E-state index contributed by atoms with van der Waals surface area (Å²) in [5.74, 6) is -0.194. The van der Waals surface area contributed by atoms with Crippen LogP contribution in [0.5, 0.6) is 0 Å². The Morgan fingerprint density at radius 1 is 0.933 bits per heavy atom. The summed E-state index contributed by atoms with van der Waals surface area (Å²) < 4.78 is 26.9. The van der Waals surface area contributed by atoms with Crippen LogP contribution in [-0.4, -0.2) is 33.3 Å². The Kier molecular flexibility index (Phi) is 7.23. The van der Waals surface area contributed by atoms with Crippen LogP contribution in [-0.2, 0) is 14.8 Å². The highest BCUT2D eigenvalue weighted by Gasteiger charge is 2.22. The van der Waals surface area contributed by atoms with Crippen LogP contribution in [0.1, 0.15) is 41.6 Å². The van der Waals surface area contributed by atoms with E-state index in [2.05, 4.69) is 15.4 Å². The van der Waals surface area contributed by atoms with Crippen LogP contribution < -0.4 is 15.4 Å². The molecule has 1 aliphatic carbocycles. The largest absolute Gasteiger partial charge is 0.351 e. The average Bonchev–Trinajstić information content (AvgIpc) is 3.27. The van der Waals surface area contributed by atoms with E-state index in [-0.39, 0.29) is 35.7 Å². The summed E-state index contributed by atoms with van der Waals surface area (Å²) in [6.07, 6.45) is 4.05. The number of anilines is 1. The smallest absolute Gasteiger partial charge is 0.251 e. The van der Waals surface area contributed by atoms with Crippen LogP contribution in [0, 0.1) is 12.8 Å². The van der Waals surface area contributed by atoms with Crippen molar-refractivity contribution in [1.82, 2.24) is 10.0 Å². The van der Waals surface area contributed by atoms with Gasteiger partial charge in [0.2, 0.25) is 15.9 Å². The van der Waals surface area contributed by atoms with Crippen LogP contribution in [0.25, 0.3) is 0 Å². The molecule has 0 aromatic heterocycles. The van der Waals surface area contributed by atoms with Gasteiger partial charge in [0.25, 0.3) is 5.91 Å². The quantitative estimate of drug-likeness (QED) is 0.561. The molecule has 3 rings (SSSR count). The van der Waals surface area contributed by atoms with Crippen molar-refractivity contribution in [2.75, 3.05) is 18.4 Å². The molecule has 0 unspecified atom stereocenters. The molecule has 1 aliphatic rings. The first-order valence-corrected chi connectivity index (χ1v) is 11.6. The molecule has 8 heteroatoms. The highest BCUT2D eigenvalue weighted by molar-refractivity contribution is 7.89. The zero-order valence-electron chi connectivity index (χ0n) is 17.0. The highest BCUT2D eigenvalue weighted by atomic mass is 32.2. The van der Waals surface area contributed by atoms with Crippen molar-refractivity contribution in [3.05, 3.63) is 59.7 Å². The summed E-state index contributed by atoms with van der Waals surface area (Å²) in [7, 11) is -3.61. The van der Waals surface area contributed by atoms with Gasteiger partial charge in [-0.1, -0.05) is 30.5 Å². The summed E-state index contributed by atoms with van der Waals surface area (Å²) >= 11 is 0. The molecule has 0 radical (unpaired) electrons. The first kappa shape index (κ1) is 22.0. The number of aryl methyl sites for hydroxylation is 1. The van der Waals surface area contributed by atoms with Gasteiger partial charge in [-0.3, -0.25) is 9.59 Å². The minimum atomic E-state index is -3.61. The summed E-state index contributed by atoms with van der Waals surface area (Å²) in [4.78, 5) is 24.6. The lowest BCUT2D eigenvalue weighted by atomic mass is 10.1. The topological polar surface area (TPSA) is 104 Å². The molecule has 2 amide bonds. The van der Waals surface area contributed by atoms with Gasteiger partial charge in [-0.2, -0.15) is 0 Å². The number of carbonyl (C=O) groups excluding carboxylic acids is 2. The van der Waals surface area contributed by atoms with Gasteiger partial charge in [0, 0.05) is 30.3 Å². The molecule has 0 aliphatic heterocycles. The van der Waals surface area contributed by atoms with Gasteiger partial charge in [0.1, 0.15) is 0 Å². The third kappa shape index (κ3) is 5.90. The lowest BCUT2D eigenvalue weighted by Gasteiger charge is -2.11. The molecule has 0 spiro atoms. The number of benzene rings is 2. The molecule has 0 atom stereocenters. The van der Waals surface area contributed by atoms with Crippen LogP contribution in [0.3, 0.4) is 0 Å². The van der Waals surface area contributed by atoms with Crippen molar-refractivity contribution >= 4 is 27.5 Å². The zero-order chi connectivity index (χ0) is 21.6. The van der Waals surface area contributed by atoms with Crippen molar-refractivity contribution in [2.24, 2.45) is 5.92 Å². The number of amides is 2. The molecule has 0 bridgehead atoms. The Hall–Kier alpha value is -2.71. The van der Waals surface area contributed by atoms with E-state index in [9.17, 15) is 18.0 Å². The molecule has 1 fully saturated rings. The molecule has 0 heterocycles. The Balaban J connectivity index is 1.44. The third-order valence-electron chi connectivity index (χ3n) is 5.17. The standard InChI is InChI=1S/C22H27N3O4S/c1-16-6-12-20(13-7-16)30(28,29)24-15-14-23-21(26)18-8-10-19(11-9-18)25-22(27)17-4-2-3-5-17/h6-13,17,24H,2-5,14-15H2,1H3,(H,23,26)(H,25,27). The van der Waals surface area contributed by atoms with Crippen molar-refractivity contribution < 1.29 is 18.0 Å². The van der Waals surface area contributed by atoms with Gasteiger partial charge >= 0.3 is 0 Å². The van der Waals surface area contributed by atoms with Crippen LogP contribution in [0.2, 0.25) is 0 Å². The van der Waals surface area contributed by atoms with Gasteiger partial charge in [-0.05, 0) is 56.2 Å². The van der Waals surface area contributed by atoms with Gasteiger partial charge in [-0.25, -0.2) is 13.1 Å². The maximum absolute atomic E-state index is 12.2. The first-order chi connectivity index (χ1) is 14.3. The second-order valence-electron chi connectivity index (χ2n) is 7.51. The molecule has 0 saturated heterocycles. The second kappa shape index (κ2) is 9.86. The first-order valence-electron chi connectivity index (χ1n) is 10.1. The predicted octanol–water partition coefficient (Wildman–Crippen LogP) is 2.83. The number of hydrogen-bond donors (Lipinski definition) is 3.